The standard InChI is InChI=1S/C14H18N4O3/c15-11(19)7-18(8-12(16)20)14(21)10-5-1-3-9-4-2-6-17-13(9)10/h1,3,5,17H,2,4,6-8H2,(H2,15,19)(H2,16,20). The van der Waals surface area contributed by atoms with Gasteiger partial charge in [-0.1, -0.05) is 12.1 Å². The summed E-state index contributed by atoms with van der Waals surface area (Å²) < 4.78 is 0. The normalized spacial score (nSPS) is 13.0. The van der Waals surface area contributed by atoms with E-state index in [1.807, 2.05) is 6.07 Å². The van der Waals surface area contributed by atoms with Gasteiger partial charge in [-0.25, -0.2) is 0 Å². The Morgan fingerprint density at radius 3 is 2.43 bits per heavy atom. The van der Waals surface area contributed by atoms with Gasteiger partial charge in [0.2, 0.25) is 11.8 Å². The number of para-hydroxylation sites is 1. The zero-order valence-electron chi connectivity index (χ0n) is 11.6. The van der Waals surface area contributed by atoms with Crippen molar-refractivity contribution in [3.05, 3.63) is 29.3 Å². The van der Waals surface area contributed by atoms with Crippen LogP contribution in [0.15, 0.2) is 18.2 Å². The molecule has 1 aromatic carbocycles. The molecule has 0 radical (unpaired) electrons. The van der Waals surface area contributed by atoms with Gasteiger partial charge in [0.1, 0.15) is 13.1 Å². The Bertz CT molecular complexity index is 570. The second kappa shape index (κ2) is 6.25. The van der Waals surface area contributed by atoms with Crippen LogP contribution in [0, 0.1) is 0 Å². The molecule has 7 nitrogen and oxygen atoms in total. The number of hydrogen-bond donors (Lipinski definition) is 3. The van der Waals surface area contributed by atoms with E-state index >= 15 is 0 Å². The Hall–Kier alpha value is -2.57. The molecular weight excluding hydrogens is 272 g/mol. The minimum absolute atomic E-state index is 0.342. The number of benzene rings is 1. The number of nitrogens with two attached hydrogens (primary N) is 2. The van der Waals surface area contributed by atoms with Crippen LogP contribution in [0.4, 0.5) is 5.69 Å². The molecule has 7 heteroatoms. The third-order valence-electron chi connectivity index (χ3n) is 3.29. The first-order valence-electron chi connectivity index (χ1n) is 6.70. The number of amides is 3. The molecule has 1 aliphatic rings. The predicted molar refractivity (Wildman–Crippen MR) is 77.5 cm³/mol. The monoisotopic (exact) mass is 290 g/mol. The van der Waals surface area contributed by atoms with Gasteiger partial charge in [-0.05, 0) is 24.5 Å². The van der Waals surface area contributed by atoms with Crippen LogP contribution in [0.1, 0.15) is 22.3 Å². The van der Waals surface area contributed by atoms with Crippen molar-refractivity contribution in [1.29, 1.82) is 0 Å². The second-order valence-electron chi connectivity index (χ2n) is 4.96. The van der Waals surface area contributed by atoms with Gasteiger partial charge >= 0.3 is 0 Å². The minimum atomic E-state index is -0.692. The molecule has 21 heavy (non-hydrogen) atoms. The van der Waals surface area contributed by atoms with E-state index < -0.39 is 17.7 Å². The van der Waals surface area contributed by atoms with Crippen LogP contribution in [-0.2, 0) is 16.0 Å². The number of rotatable bonds is 5. The predicted octanol–water partition coefficient (Wildman–Crippen LogP) is -0.542. The van der Waals surface area contributed by atoms with Gasteiger partial charge in [-0.15, -0.1) is 0 Å². The van der Waals surface area contributed by atoms with Crippen LogP contribution in [-0.4, -0.2) is 42.3 Å². The molecule has 1 aliphatic heterocycles. The molecule has 0 aliphatic carbocycles. The first kappa shape index (κ1) is 14.8. The highest BCUT2D eigenvalue weighted by Gasteiger charge is 2.24. The first-order valence-corrected chi connectivity index (χ1v) is 6.70. The molecule has 1 heterocycles. The van der Waals surface area contributed by atoms with Crippen molar-refractivity contribution in [2.24, 2.45) is 11.5 Å². The van der Waals surface area contributed by atoms with Crippen molar-refractivity contribution >= 4 is 23.4 Å². The molecule has 1 aromatic rings. The fourth-order valence-electron chi connectivity index (χ4n) is 2.43. The average Bonchev–Trinajstić information content (AvgIpc) is 2.44. The lowest BCUT2D eigenvalue weighted by Crippen LogP contribution is -2.43. The van der Waals surface area contributed by atoms with Gasteiger partial charge in [0.05, 0.1) is 11.3 Å². The summed E-state index contributed by atoms with van der Waals surface area (Å²) in [7, 11) is 0. The van der Waals surface area contributed by atoms with Crippen molar-refractivity contribution in [2.45, 2.75) is 12.8 Å². The van der Waals surface area contributed by atoms with Gasteiger partial charge in [0.25, 0.3) is 5.91 Å². The maximum Gasteiger partial charge on any atom is 0.256 e. The summed E-state index contributed by atoms with van der Waals surface area (Å²) in [6.07, 6.45) is 1.88. The molecule has 0 bridgehead atoms. The van der Waals surface area contributed by atoms with Crippen LogP contribution >= 0.6 is 0 Å². The quantitative estimate of drug-likeness (QED) is 0.674. The maximum atomic E-state index is 12.6. The van der Waals surface area contributed by atoms with Crippen LogP contribution in [0.5, 0.6) is 0 Å². The molecular formula is C14H18N4O3. The summed E-state index contributed by atoms with van der Waals surface area (Å²) in [6.45, 7) is 0.0970. The minimum Gasteiger partial charge on any atom is -0.384 e. The lowest BCUT2D eigenvalue weighted by molar-refractivity contribution is -0.121. The number of nitrogens with zero attached hydrogens (tertiary/aromatic N) is 1. The number of aryl methyl sites for hydroxylation is 1. The molecule has 0 atom stereocenters. The number of anilines is 1. The van der Waals surface area contributed by atoms with Crippen molar-refractivity contribution in [3.8, 4) is 0 Å². The van der Waals surface area contributed by atoms with Gasteiger partial charge in [0, 0.05) is 6.54 Å². The molecule has 112 valence electrons. The fraction of sp³-hybridized carbons (Fsp3) is 0.357. The van der Waals surface area contributed by atoms with Crippen molar-refractivity contribution in [2.75, 3.05) is 25.0 Å². The van der Waals surface area contributed by atoms with E-state index in [1.54, 1.807) is 12.1 Å². The number of carbonyl (C=O) groups excluding carboxylic acids is 3. The average molecular weight is 290 g/mol. The molecule has 0 fully saturated rings. The van der Waals surface area contributed by atoms with E-state index in [4.69, 9.17) is 11.5 Å². The number of fused-ring (bicyclic) bond motifs is 1. The number of carbonyl (C=O) groups is 3. The summed E-state index contributed by atoms with van der Waals surface area (Å²) in [5, 5.41) is 3.19. The van der Waals surface area contributed by atoms with Gasteiger partial charge < -0.3 is 21.7 Å². The zero-order chi connectivity index (χ0) is 15.4. The Kier molecular flexibility index (Phi) is 4.42. The van der Waals surface area contributed by atoms with E-state index in [2.05, 4.69) is 5.32 Å². The third-order valence-corrected chi connectivity index (χ3v) is 3.29. The highest BCUT2D eigenvalue weighted by molar-refractivity contribution is 6.03. The molecule has 2 rings (SSSR count). The van der Waals surface area contributed by atoms with Crippen molar-refractivity contribution in [1.82, 2.24) is 4.90 Å². The Morgan fingerprint density at radius 2 is 1.81 bits per heavy atom. The largest absolute Gasteiger partial charge is 0.384 e. The Labute approximate surface area is 122 Å². The van der Waals surface area contributed by atoms with E-state index in [9.17, 15) is 14.4 Å². The topological polar surface area (TPSA) is 119 Å². The van der Waals surface area contributed by atoms with E-state index in [0.717, 1.165) is 35.5 Å². The van der Waals surface area contributed by atoms with Crippen LogP contribution < -0.4 is 16.8 Å². The van der Waals surface area contributed by atoms with Gasteiger partial charge in [-0.2, -0.15) is 0 Å². The second-order valence-corrected chi connectivity index (χ2v) is 4.96. The van der Waals surface area contributed by atoms with Crippen LogP contribution in [0.2, 0.25) is 0 Å². The lowest BCUT2D eigenvalue weighted by Gasteiger charge is -2.24. The van der Waals surface area contributed by atoms with Crippen LogP contribution in [0.3, 0.4) is 0 Å². The molecule has 0 saturated heterocycles. The smallest absolute Gasteiger partial charge is 0.256 e. The molecule has 3 amide bonds. The molecule has 0 aromatic heterocycles. The fourth-order valence-corrected chi connectivity index (χ4v) is 2.43. The first-order chi connectivity index (χ1) is 9.99. The van der Waals surface area contributed by atoms with Gasteiger partial charge in [-0.3, -0.25) is 14.4 Å². The van der Waals surface area contributed by atoms with E-state index in [1.165, 1.54) is 0 Å². The summed E-state index contributed by atoms with van der Waals surface area (Å²) in [5.41, 5.74) is 12.5. The molecule has 0 saturated carbocycles. The van der Waals surface area contributed by atoms with Crippen molar-refractivity contribution < 1.29 is 14.4 Å². The lowest BCUT2D eigenvalue weighted by atomic mass is 9.98. The Morgan fingerprint density at radius 1 is 1.14 bits per heavy atom. The maximum absolute atomic E-state index is 12.6. The summed E-state index contributed by atoms with van der Waals surface area (Å²) >= 11 is 0. The molecule has 0 unspecified atom stereocenters. The van der Waals surface area contributed by atoms with Crippen molar-refractivity contribution in [3.63, 3.8) is 0 Å². The molecule has 0 spiro atoms. The van der Waals surface area contributed by atoms with Gasteiger partial charge in [0.15, 0.2) is 0 Å². The number of primary amides is 2. The molecule has 5 N–H and O–H groups in total. The summed E-state index contributed by atoms with van der Waals surface area (Å²) in [6, 6.07) is 5.39. The third kappa shape index (κ3) is 3.50. The summed E-state index contributed by atoms with van der Waals surface area (Å²) in [4.78, 5) is 35.8. The number of hydrogen-bond acceptors (Lipinski definition) is 4. The number of nitrogens with one attached hydrogen (secondary N) is 1. The Balaban J connectivity index is 2.32. The van der Waals surface area contributed by atoms with Crippen LogP contribution in [0.25, 0.3) is 0 Å². The van der Waals surface area contributed by atoms with E-state index in [-0.39, 0.29) is 13.1 Å². The SMILES string of the molecule is NC(=O)CN(CC(N)=O)C(=O)c1cccc2c1NCCC2. The highest BCUT2D eigenvalue weighted by atomic mass is 16.2. The summed E-state index contributed by atoms with van der Waals surface area (Å²) in [5.74, 6) is -1.82. The zero-order valence-corrected chi connectivity index (χ0v) is 11.6. The van der Waals surface area contributed by atoms with E-state index in [0.29, 0.717) is 5.56 Å². The highest BCUT2D eigenvalue weighted by Crippen LogP contribution is 2.27.